The van der Waals surface area contributed by atoms with Crippen molar-refractivity contribution in [2.45, 2.75) is 11.3 Å². The molecule has 0 bridgehead atoms. The van der Waals surface area contributed by atoms with Gasteiger partial charge in [0, 0.05) is 11.3 Å². The molecule has 1 saturated heterocycles. The number of amides is 1. The van der Waals surface area contributed by atoms with Crippen LogP contribution in [0.5, 0.6) is 0 Å². The third kappa shape index (κ3) is 3.43. The Labute approximate surface area is 189 Å². The standard InChI is InChI=1S/C24H19N3O2S2/c1-17-12-14-20(15-13-17)27-24(26(21(28)16-30-24)19-10-6-3-7-11-19)31-23(25-27)22(29)18-8-4-2-5-9-18/h2-15H,16H2,1H3/t24-/m1/s1. The highest BCUT2D eigenvalue weighted by atomic mass is 32.2. The zero-order valence-corrected chi connectivity index (χ0v) is 18.4. The number of para-hydroxylation sites is 1. The number of benzene rings is 3. The lowest BCUT2D eigenvalue weighted by Crippen LogP contribution is -2.51. The van der Waals surface area contributed by atoms with Gasteiger partial charge in [0.25, 0.3) is 0 Å². The van der Waals surface area contributed by atoms with Crippen LogP contribution in [0.3, 0.4) is 0 Å². The second kappa shape index (κ2) is 7.90. The van der Waals surface area contributed by atoms with E-state index in [1.807, 2.05) is 84.7 Å². The summed E-state index contributed by atoms with van der Waals surface area (Å²) in [4.78, 5) is 28.1. The third-order valence-electron chi connectivity index (χ3n) is 5.13. The summed E-state index contributed by atoms with van der Waals surface area (Å²) in [5.74, 6) is 0.157. The van der Waals surface area contributed by atoms with Gasteiger partial charge in [0.15, 0.2) is 5.04 Å². The van der Waals surface area contributed by atoms with E-state index in [-0.39, 0.29) is 11.7 Å². The molecule has 1 atom stereocenters. The lowest BCUT2D eigenvalue weighted by atomic mass is 10.1. The molecule has 0 aromatic heterocycles. The molecule has 2 aliphatic heterocycles. The third-order valence-corrected chi connectivity index (χ3v) is 7.94. The number of nitrogens with zero attached hydrogens (tertiary/aromatic N) is 3. The fourth-order valence-corrected chi connectivity index (χ4v) is 6.42. The van der Waals surface area contributed by atoms with Crippen molar-refractivity contribution in [3.63, 3.8) is 0 Å². The molecule has 0 radical (unpaired) electrons. The summed E-state index contributed by atoms with van der Waals surface area (Å²) in [6, 6.07) is 26.7. The van der Waals surface area contributed by atoms with Crippen molar-refractivity contribution in [2.75, 3.05) is 15.7 Å². The van der Waals surface area contributed by atoms with Gasteiger partial charge >= 0.3 is 0 Å². The first-order valence-electron chi connectivity index (χ1n) is 9.85. The van der Waals surface area contributed by atoms with Gasteiger partial charge in [-0.05, 0) is 43.0 Å². The number of hydrogen-bond acceptors (Lipinski definition) is 6. The molecule has 1 fully saturated rings. The number of thioether (sulfide) groups is 2. The van der Waals surface area contributed by atoms with Gasteiger partial charge in [-0.25, -0.2) is 5.01 Å². The first kappa shape index (κ1) is 19.9. The Morgan fingerprint density at radius 2 is 1.55 bits per heavy atom. The molecule has 154 valence electrons. The second-order valence-corrected chi connectivity index (χ2v) is 9.82. The molecule has 3 aromatic rings. The number of carbonyl (C=O) groups is 2. The molecule has 3 aromatic carbocycles. The van der Waals surface area contributed by atoms with Gasteiger partial charge in [0.05, 0.1) is 11.4 Å². The predicted molar refractivity (Wildman–Crippen MR) is 129 cm³/mol. The number of hydrazone groups is 1. The van der Waals surface area contributed by atoms with Gasteiger partial charge in [-0.3, -0.25) is 14.5 Å². The number of Topliss-reactive ketones (excluding diaryl/α,β-unsaturated/α-hetero) is 1. The van der Waals surface area contributed by atoms with Crippen molar-refractivity contribution in [3.05, 3.63) is 96.1 Å². The lowest BCUT2D eigenvalue weighted by Gasteiger charge is -2.39. The largest absolute Gasteiger partial charge is 0.286 e. The van der Waals surface area contributed by atoms with Crippen molar-refractivity contribution in [1.29, 1.82) is 0 Å². The first-order chi connectivity index (χ1) is 15.1. The van der Waals surface area contributed by atoms with Crippen molar-refractivity contribution in [3.8, 4) is 0 Å². The van der Waals surface area contributed by atoms with Gasteiger partial charge in [0.1, 0.15) is 0 Å². The Hall–Kier alpha value is -3.03. The van der Waals surface area contributed by atoms with Crippen LogP contribution in [0, 0.1) is 6.92 Å². The van der Waals surface area contributed by atoms with Crippen LogP contribution >= 0.6 is 23.5 Å². The zero-order valence-electron chi connectivity index (χ0n) is 16.8. The van der Waals surface area contributed by atoms with Crippen LogP contribution in [0.15, 0.2) is 90.0 Å². The molecular weight excluding hydrogens is 426 g/mol. The molecule has 1 spiro atoms. The molecule has 0 N–H and O–H groups in total. The van der Waals surface area contributed by atoms with Crippen molar-refractivity contribution in [1.82, 2.24) is 0 Å². The minimum absolute atomic E-state index is 0.00979. The number of aryl methyl sites for hydroxylation is 1. The van der Waals surface area contributed by atoms with E-state index >= 15 is 0 Å². The van der Waals surface area contributed by atoms with Gasteiger partial charge in [0.2, 0.25) is 16.0 Å². The fourth-order valence-electron chi connectivity index (χ4n) is 3.61. The molecule has 1 amide bonds. The van der Waals surface area contributed by atoms with Crippen LogP contribution in [0.25, 0.3) is 0 Å². The molecule has 31 heavy (non-hydrogen) atoms. The average molecular weight is 446 g/mol. The van der Waals surface area contributed by atoms with Gasteiger partial charge in [-0.2, -0.15) is 5.10 Å². The van der Waals surface area contributed by atoms with E-state index in [2.05, 4.69) is 0 Å². The Bertz CT molecular complexity index is 1170. The van der Waals surface area contributed by atoms with Crippen molar-refractivity contribution < 1.29 is 9.59 Å². The second-order valence-electron chi connectivity index (χ2n) is 7.25. The van der Waals surface area contributed by atoms with Crippen LogP contribution in [0.2, 0.25) is 0 Å². The number of ketones is 1. The highest BCUT2D eigenvalue weighted by Gasteiger charge is 2.57. The highest BCUT2D eigenvalue weighted by molar-refractivity contribution is 8.28. The van der Waals surface area contributed by atoms with Gasteiger partial charge in [-0.15, -0.1) is 0 Å². The van der Waals surface area contributed by atoms with Crippen LogP contribution in [0.4, 0.5) is 11.4 Å². The first-order valence-corrected chi connectivity index (χ1v) is 11.6. The molecular formula is C24H19N3O2S2. The van der Waals surface area contributed by atoms with Crippen LogP contribution in [-0.4, -0.2) is 26.8 Å². The van der Waals surface area contributed by atoms with Gasteiger partial charge in [-0.1, -0.05) is 78.0 Å². The zero-order chi connectivity index (χ0) is 21.4. The molecule has 0 unspecified atom stereocenters. The van der Waals surface area contributed by atoms with Crippen LogP contribution in [-0.2, 0) is 4.79 Å². The van der Waals surface area contributed by atoms with E-state index in [4.69, 9.17) is 5.10 Å². The van der Waals surface area contributed by atoms with E-state index in [0.29, 0.717) is 16.4 Å². The Morgan fingerprint density at radius 3 is 2.23 bits per heavy atom. The summed E-state index contributed by atoms with van der Waals surface area (Å²) in [6.45, 7) is 2.02. The summed E-state index contributed by atoms with van der Waals surface area (Å²) >= 11 is 2.82. The summed E-state index contributed by atoms with van der Waals surface area (Å²) in [7, 11) is 0. The van der Waals surface area contributed by atoms with Crippen molar-refractivity contribution >= 4 is 51.6 Å². The van der Waals surface area contributed by atoms with Crippen LogP contribution in [0.1, 0.15) is 15.9 Å². The minimum Gasteiger partial charge on any atom is -0.286 e. The number of anilines is 2. The van der Waals surface area contributed by atoms with E-state index in [1.54, 1.807) is 17.0 Å². The molecule has 2 heterocycles. The minimum atomic E-state index is -0.895. The summed E-state index contributed by atoms with van der Waals surface area (Å²) in [5.41, 5.74) is 3.32. The lowest BCUT2D eigenvalue weighted by molar-refractivity contribution is -0.115. The molecule has 5 rings (SSSR count). The SMILES string of the molecule is Cc1ccc(N2N=C(C(=O)c3ccccc3)S[C@@]23SCC(=O)N3c2ccccc2)cc1. The maximum Gasteiger partial charge on any atom is 0.243 e. The molecule has 7 heteroatoms. The quantitative estimate of drug-likeness (QED) is 0.521. The van der Waals surface area contributed by atoms with Crippen molar-refractivity contribution in [2.24, 2.45) is 5.10 Å². The molecule has 0 saturated carbocycles. The smallest absolute Gasteiger partial charge is 0.243 e. The Morgan fingerprint density at radius 1 is 0.903 bits per heavy atom. The topological polar surface area (TPSA) is 53.0 Å². The Kier molecular flexibility index (Phi) is 5.08. The number of hydrogen-bond donors (Lipinski definition) is 0. The monoisotopic (exact) mass is 445 g/mol. The normalized spacial score (nSPS) is 20.4. The Balaban J connectivity index is 1.62. The van der Waals surface area contributed by atoms with E-state index in [1.165, 1.54) is 23.5 Å². The molecule has 2 aliphatic rings. The van der Waals surface area contributed by atoms with E-state index in [9.17, 15) is 9.59 Å². The summed E-state index contributed by atoms with van der Waals surface area (Å²) < 4.78 is -0.895. The highest BCUT2D eigenvalue weighted by Crippen LogP contribution is 2.55. The van der Waals surface area contributed by atoms with Gasteiger partial charge < -0.3 is 0 Å². The van der Waals surface area contributed by atoms with Crippen LogP contribution < -0.4 is 9.91 Å². The predicted octanol–water partition coefficient (Wildman–Crippen LogP) is 5.14. The molecule has 5 nitrogen and oxygen atoms in total. The molecule has 0 aliphatic carbocycles. The van der Waals surface area contributed by atoms with E-state index < -0.39 is 4.33 Å². The summed E-state index contributed by atoms with van der Waals surface area (Å²) in [5, 5.41) is 6.94. The fraction of sp³-hybridized carbons (Fsp3) is 0.125. The maximum absolute atomic E-state index is 13.3. The van der Waals surface area contributed by atoms with E-state index in [0.717, 1.165) is 16.9 Å². The summed E-state index contributed by atoms with van der Waals surface area (Å²) in [6.07, 6.45) is 0. The average Bonchev–Trinajstić information content (AvgIpc) is 3.35. The number of carbonyl (C=O) groups excluding carboxylic acids is 2. The maximum atomic E-state index is 13.3. The number of rotatable bonds is 4.